The Morgan fingerprint density at radius 2 is 2.11 bits per heavy atom. The molecule has 1 heterocycles. The molecule has 0 aromatic heterocycles. The van der Waals surface area contributed by atoms with Gasteiger partial charge in [0.2, 0.25) is 0 Å². The molecule has 1 aliphatic rings. The van der Waals surface area contributed by atoms with Gasteiger partial charge in [-0.1, -0.05) is 0 Å². The Kier molecular flexibility index (Phi) is 4.81. The first-order valence-electron chi connectivity index (χ1n) is 6.29. The molecule has 1 atom stereocenters. The van der Waals surface area contributed by atoms with Gasteiger partial charge in [0.05, 0.1) is 0 Å². The van der Waals surface area contributed by atoms with Crippen LogP contribution in [0.4, 0.5) is 9.59 Å². The molecule has 104 valence electrons. The van der Waals surface area contributed by atoms with Crippen LogP contribution in [0.2, 0.25) is 0 Å². The van der Waals surface area contributed by atoms with E-state index in [9.17, 15) is 9.59 Å². The van der Waals surface area contributed by atoms with Crippen molar-refractivity contribution in [1.29, 1.82) is 0 Å². The van der Waals surface area contributed by atoms with Gasteiger partial charge in [0, 0.05) is 19.6 Å². The number of carbonyl (C=O) groups excluding carboxylic acids is 2. The molecular weight excluding hydrogens is 234 g/mol. The Hall–Kier alpha value is -1.46. The van der Waals surface area contributed by atoms with Crippen molar-refractivity contribution in [2.75, 3.05) is 19.6 Å². The van der Waals surface area contributed by atoms with Gasteiger partial charge in [-0.15, -0.1) is 0 Å². The van der Waals surface area contributed by atoms with Crippen molar-refractivity contribution >= 4 is 12.1 Å². The molecule has 1 saturated heterocycles. The van der Waals surface area contributed by atoms with E-state index in [2.05, 4.69) is 5.32 Å². The molecule has 0 radical (unpaired) electrons. The molecule has 0 aromatic rings. The zero-order valence-electron chi connectivity index (χ0n) is 11.4. The Labute approximate surface area is 108 Å². The number of urea groups is 1. The van der Waals surface area contributed by atoms with Crippen molar-refractivity contribution < 1.29 is 14.3 Å². The summed E-state index contributed by atoms with van der Waals surface area (Å²) in [7, 11) is 0. The van der Waals surface area contributed by atoms with Crippen molar-refractivity contribution in [2.45, 2.75) is 39.2 Å². The molecule has 3 N–H and O–H groups in total. The predicted molar refractivity (Wildman–Crippen MR) is 68.1 cm³/mol. The number of likely N-dealkylation sites (tertiary alicyclic amines) is 1. The van der Waals surface area contributed by atoms with Crippen LogP contribution in [0.1, 0.15) is 33.6 Å². The summed E-state index contributed by atoms with van der Waals surface area (Å²) in [5, 5.41) is 2.73. The minimum absolute atomic E-state index is 0.249. The maximum Gasteiger partial charge on any atom is 0.407 e. The molecule has 6 heteroatoms. The number of hydrogen-bond donors (Lipinski definition) is 2. The maximum absolute atomic E-state index is 11.5. The van der Waals surface area contributed by atoms with E-state index < -0.39 is 17.7 Å². The van der Waals surface area contributed by atoms with Crippen molar-refractivity contribution in [3.8, 4) is 0 Å². The van der Waals surface area contributed by atoms with E-state index in [0.717, 1.165) is 12.8 Å². The van der Waals surface area contributed by atoms with Crippen molar-refractivity contribution in [2.24, 2.45) is 11.7 Å². The normalized spacial score (nSPS) is 20.4. The van der Waals surface area contributed by atoms with Gasteiger partial charge >= 0.3 is 12.1 Å². The van der Waals surface area contributed by atoms with Crippen LogP contribution in [0.3, 0.4) is 0 Å². The Bertz CT molecular complexity index is 312. The lowest BCUT2D eigenvalue weighted by Gasteiger charge is -2.31. The highest BCUT2D eigenvalue weighted by atomic mass is 16.6. The summed E-state index contributed by atoms with van der Waals surface area (Å²) in [5.74, 6) is 0.249. The lowest BCUT2D eigenvalue weighted by atomic mass is 9.98. The Morgan fingerprint density at radius 3 is 2.67 bits per heavy atom. The van der Waals surface area contributed by atoms with Crippen molar-refractivity contribution in [3.05, 3.63) is 0 Å². The highest BCUT2D eigenvalue weighted by molar-refractivity contribution is 5.72. The first-order valence-corrected chi connectivity index (χ1v) is 6.29. The molecular formula is C12H23N3O3. The molecule has 1 aliphatic heterocycles. The monoisotopic (exact) mass is 257 g/mol. The summed E-state index contributed by atoms with van der Waals surface area (Å²) in [6, 6.07) is -0.392. The number of primary amides is 1. The third-order valence-corrected chi connectivity index (χ3v) is 2.76. The fourth-order valence-electron chi connectivity index (χ4n) is 1.97. The van der Waals surface area contributed by atoms with E-state index in [0.29, 0.717) is 19.6 Å². The fourth-order valence-corrected chi connectivity index (χ4v) is 1.97. The van der Waals surface area contributed by atoms with Gasteiger partial charge < -0.3 is 20.7 Å². The van der Waals surface area contributed by atoms with Crippen LogP contribution in [0, 0.1) is 5.92 Å². The number of piperidine rings is 1. The molecule has 1 unspecified atom stereocenters. The van der Waals surface area contributed by atoms with E-state index in [4.69, 9.17) is 10.5 Å². The predicted octanol–water partition coefficient (Wildman–Crippen LogP) is 1.30. The molecule has 3 amide bonds. The summed E-state index contributed by atoms with van der Waals surface area (Å²) >= 11 is 0. The minimum atomic E-state index is -0.490. The zero-order chi connectivity index (χ0) is 13.8. The number of nitrogens with one attached hydrogen (secondary N) is 1. The van der Waals surface area contributed by atoms with Crippen LogP contribution in [0.5, 0.6) is 0 Å². The number of carbonyl (C=O) groups is 2. The van der Waals surface area contributed by atoms with E-state index in [1.807, 2.05) is 20.8 Å². The standard InChI is InChI=1S/C12H23N3O3/c1-12(2,3)18-11(17)14-7-9-5-4-6-15(8-9)10(13)16/h9H,4-8H2,1-3H3,(H2,13,16)(H,14,17). The Morgan fingerprint density at radius 1 is 1.44 bits per heavy atom. The van der Waals surface area contributed by atoms with Gasteiger partial charge in [0.1, 0.15) is 5.60 Å². The maximum atomic E-state index is 11.5. The second-order valence-electron chi connectivity index (χ2n) is 5.68. The largest absolute Gasteiger partial charge is 0.444 e. The molecule has 0 aromatic carbocycles. The smallest absolute Gasteiger partial charge is 0.407 e. The third kappa shape index (κ3) is 5.25. The second kappa shape index (κ2) is 5.93. The summed E-state index contributed by atoms with van der Waals surface area (Å²) < 4.78 is 5.15. The zero-order valence-corrected chi connectivity index (χ0v) is 11.4. The summed E-state index contributed by atoms with van der Waals surface area (Å²) in [5.41, 5.74) is 4.75. The molecule has 1 rings (SSSR count). The lowest BCUT2D eigenvalue weighted by Crippen LogP contribution is -2.46. The highest BCUT2D eigenvalue weighted by Crippen LogP contribution is 2.15. The van der Waals surface area contributed by atoms with Crippen LogP contribution >= 0.6 is 0 Å². The lowest BCUT2D eigenvalue weighted by molar-refractivity contribution is 0.0511. The molecule has 1 fully saturated rings. The van der Waals surface area contributed by atoms with Crippen LogP contribution in [-0.2, 0) is 4.74 Å². The number of ether oxygens (including phenoxy) is 1. The second-order valence-corrected chi connectivity index (χ2v) is 5.68. The van der Waals surface area contributed by atoms with E-state index in [1.165, 1.54) is 0 Å². The molecule has 0 spiro atoms. The van der Waals surface area contributed by atoms with E-state index in [1.54, 1.807) is 4.90 Å². The van der Waals surface area contributed by atoms with Gasteiger partial charge in [-0.3, -0.25) is 0 Å². The molecule has 0 aliphatic carbocycles. The molecule has 0 bridgehead atoms. The topological polar surface area (TPSA) is 84.7 Å². The summed E-state index contributed by atoms with van der Waals surface area (Å²) in [4.78, 5) is 24.2. The SMILES string of the molecule is CC(C)(C)OC(=O)NCC1CCCN(C(N)=O)C1. The number of nitrogens with zero attached hydrogens (tertiary/aromatic N) is 1. The van der Waals surface area contributed by atoms with Gasteiger partial charge in [-0.2, -0.15) is 0 Å². The number of nitrogens with two attached hydrogens (primary N) is 1. The van der Waals surface area contributed by atoms with Crippen LogP contribution in [-0.4, -0.2) is 42.3 Å². The molecule has 18 heavy (non-hydrogen) atoms. The van der Waals surface area contributed by atoms with Crippen molar-refractivity contribution in [3.63, 3.8) is 0 Å². The number of amides is 3. The fraction of sp³-hybridized carbons (Fsp3) is 0.833. The van der Waals surface area contributed by atoms with Crippen LogP contribution in [0.25, 0.3) is 0 Å². The minimum Gasteiger partial charge on any atom is -0.444 e. The average molecular weight is 257 g/mol. The van der Waals surface area contributed by atoms with Crippen molar-refractivity contribution in [1.82, 2.24) is 10.2 Å². The molecule has 6 nitrogen and oxygen atoms in total. The first-order chi connectivity index (χ1) is 8.28. The summed E-state index contributed by atoms with van der Waals surface area (Å²) in [6.45, 7) is 7.29. The highest BCUT2D eigenvalue weighted by Gasteiger charge is 2.23. The van der Waals surface area contributed by atoms with E-state index in [-0.39, 0.29) is 5.92 Å². The number of hydrogen-bond acceptors (Lipinski definition) is 3. The third-order valence-electron chi connectivity index (χ3n) is 2.76. The van der Waals surface area contributed by atoms with Gasteiger partial charge in [-0.05, 0) is 39.5 Å². The van der Waals surface area contributed by atoms with Gasteiger partial charge in [0.15, 0.2) is 0 Å². The molecule has 0 saturated carbocycles. The van der Waals surface area contributed by atoms with Crippen LogP contribution in [0.15, 0.2) is 0 Å². The number of rotatable bonds is 2. The number of alkyl carbamates (subject to hydrolysis) is 1. The first kappa shape index (κ1) is 14.6. The summed E-state index contributed by atoms with van der Waals surface area (Å²) in [6.07, 6.45) is 1.49. The average Bonchev–Trinajstić information content (AvgIpc) is 2.24. The quantitative estimate of drug-likeness (QED) is 0.782. The van der Waals surface area contributed by atoms with E-state index >= 15 is 0 Å². The van der Waals surface area contributed by atoms with Gasteiger partial charge in [-0.25, -0.2) is 9.59 Å². The van der Waals surface area contributed by atoms with Gasteiger partial charge in [0.25, 0.3) is 0 Å². The Balaban J connectivity index is 2.31. The van der Waals surface area contributed by atoms with Crippen LogP contribution < -0.4 is 11.1 Å².